The van der Waals surface area contributed by atoms with Crippen molar-refractivity contribution in [1.82, 2.24) is 10.2 Å². The van der Waals surface area contributed by atoms with Crippen LogP contribution in [0.25, 0.3) is 0 Å². The summed E-state index contributed by atoms with van der Waals surface area (Å²) in [4.78, 5) is 14.8. The van der Waals surface area contributed by atoms with E-state index in [-0.39, 0.29) is 11.7 Å². The van der Waals surface area contributed by atoms with Crippen LogP contribution >= 0.6 is 0 Å². The van der Waals surface area contributed by atoms with Gasteiger partial charge < -0.3 is 10.1 Å². The van der Waals surface area contributed by atoms with Gasteiger partial charge in [0, 0.05) is 13.1 Å². The van der Waals surface area contributed by atoms with Crippen LogP contribution in [0.2, 0.25) is 0 Å². The van der Waals surface area contributed by atoms with Crippen molar-refractivity contribution < 1.29 is 13.9 Å². The SMILES string of the molecule is C[C@H](Oc1ccc(F)cc1)C(=O)NCc1ccccc1CN1CCCC1. The zero-order chi connectivity index (χ0) is 18.4. The van der Waals surface area contributed by atoms with E-state index in [4.69, 9.17) is 4.74 Å². The van der Waals surface area contributed by atoms with Crippen LogP contribution in [0.15, 0.2) is 48.5 Å². The van der Waals surface area contributed by atoms with Gasteiger partial charge in [0.1, 0.15) is 11.6 Å². The number of carbonyl (C=O) groups is 1. The molecule has 1 aliphatic rings. The molecule has 0 bridgehead atoms. The topological polar surface area (TPSA) is 41.6 Å². The number of rotatable bonds is 7. The van der Waals surface area contributed by atoms with Gasteiger partial charge in [0.25, 0.3) is 5.91 Å². The Kier molecular flexibility index (Phi) is 6.23. The summed E-state index contributed by atoms with van der Waals surface area (Å²) in [7, 11) is 0. The molecule has 0 aromatic heterocycles. The second-order valence-corrected chi connectivity index (χ2v) is 6.68. The molecule has 1 aliphatic heterocycles. The van der Waals surface area contributed by atoms with Gasteiger partial charge in [-0.2, -0.15) is 0 Å². The second-order valence-electron chi connectivity index (χ2n) is 6.68. The minimum Gasteiger partial charge on any atom is -0.481 e. The largest absolute Gasteiger partial charge is 0.481 e. The lowest BCUT2D eigenvalue weighted by atomic mass is 10.1. The molecule has 0 spiro atoms. The third kappa shape index (κ3) is 5.05. The molecule has 4 nitrogen and oxygen atoms in total. The molecule has 1 N–H and O–H groups in total. The van der Waals surface area contributed by atoms with E-state index >= 15 is 0 Å². The Bertz CT molecular complexity index is 727. The summed E-state index contributed by atoms with van der Waals surface area (Å²) < 4.78 is 18.5. The van der Waals surface area contributed by atoms with Crippen molar-refractivity contribution in [2.75, 3.05) is 13.1 Å². The number of carbonyl (C=O) groups excluding carboxylic acids is 1. The molecule has 5 heteroatoms. The fraction of sp³-hybridized carbons (Fsp3) is 0.381. The highest BCUT2D eigenvalue weighted by atomic mass is 19.1. The van der Waals surface area contributed by atoms with E-state index in [1.54, 1.807) is 6.92 Å². The molecular weight excluding hydrogens is 331 g/mol. The average Bonchev–Trinajstić information content (AvgIpc) is 3.15. The number of amides is 1. The van der Waals surface area contributed by atoms with E-state index in [0.717, 1.165) is 25.2 Å². The van der Waals surface area contributed by atoms with E-state index in [2.05, 4.69) is 22.3 Å². The maximum absolute atomic E-state index is 12.9. The molecule has 2 aromatic carbocycles. The van der Waals surface area contributed by atoms with Crippen LogP contribution in [0, 0.1) is 5.82 Å². The summed E-state index contributed by atoms with van der Waals surface area (Å²) in [6.45, 7) is 5.37. The molecule has 1 atom stereocenters. The van der Waals surface area contributed by atoms with Crippen LogP contribution in [0.3, 0.4) is 0 Å². The molecule has 1 amide bonds. The lowest BCUT2D eigenvalue weighted by Crippen LogP contribution is -2.36. The molecule has 2 aromatic rings. The summed E-state index contributed by atoms with van der Waals surface area (Å²) in [5, 5.41) is 2.94. The van der Waals surface area contributed by atoms with Crippen molar-refractivity contribution in [3.05, 3.63) is 65.5 Å². The Balaban J connectivity index is 1.54. The predicted octanol–water partition coefficient (Wildman–Crippen LogP) is 3.51. The third-order valence-corrected chi connectivity index (χ3v) is 4.66. The molecule has 0 radical (unpaired) electrons. The number of hydrogen-bond donors (Lipinski definition) is 1. The highest BCUT2D eigenvalue weighted by Crippen LogP contribution is 2.16. The van der Waals surface area contributed by atoms with Crippen molar-refractivity contribution >= 4 is 5.91 Å². The van der Waals surface area contributed by atoms with Crippen LogP contribution < -0.4 is 10.1 Å². The van der Waals surface area contributed by atoms with Gasteiger partial charge >= 0.3 is 0 Å². The quantitative estimate of drug-likeness (QED) is 0.825. The maximum atomic E-state index is 12.9. The number of nitrogens with one attached hydrogen (secondary N) is 1. The van der Waals surface area contributed by atoms with Gasteiger partial charge in [-0.3, -0.25) is 9.69 Å². The minimum atomic E-state index is -0.647. The van der Waals surface area contributed by atoms with E-state index in [1.807, 2.05) is 12.1 Å². The number of hydrogen-bond acceptors (Lipinski definition) is 3. The Hall–Kier alpha value is -2.40. The normalized spacial score (nSPS) is 15.6. The molecule has 3 rings (SSSR count). The Labute approximate surface area is 154 Å². The fourth-order valence-corrected chi connectivity index (χ4v) is 3.16. The zero-order valence-corrected chi connectivity index (χ0v) is 15.1. The van der Waals surface area contributed by atoms with Crippen molar-refractivity contribution in [2.24, 2.45) is 0 Å². The molecule has 0 unspecified atom stereocenters. The molecule has 1 heterocycles. The highest BCUT2D eigenvalue weighted by molar-refractivity contribution is 5.80. The average molecular weight is 356 g/mol. The monoisotopic (exact) mass is 356 g/mol. The number of nitrogens with zero attached hydrogens (tertiary/aromatic N) is 1. The van der Waals surface area contributed by atoms with E-state index in [9.17, 15) is 9.18 Å². The Morgan fingerprint density at radius 3 is 2.46 bits per heavy atom. The van der Waals surface area contributed by atoms with Crippen molar-refractivity contribution in [1.29, 1.82) is 0 Å². The van der Waals surface area contributed by atoms with Crippen LogP contribution in [-0.2, 0) is 17.9 Å². The van der Waals surface area contributed by atoms with Gasteiger partial charge in [0.15, 0.2) is 6.10 Å². The molecule has 26 heavy (non-hydrogen) atoms. The number of benzene rings is 2. The summed E-state index contributed by atoms with van der Waals surface area (Å²) in [6, 6.07) is 13.9. The van der Waals surface area contributed by atoms with Crippen molar-refractivity contribution in [2.45, 2.75) is 39.0 Å². The highest BCUT2D eigenvalue weighted by Gasteiger charge is 2.16. The first kappa shape index (κ1) is 18.4. The van der Waals surface area contributed by atoms with E-state index in [0.29, 0.717) is 12.3 Å². The molecule has 0 aliphatic carbocycles. The van der Waals surface area contributed by atoms with Crippen molar-refractivity contribution in [3.63, 3.8) is 0 Å². The lowest BCUT2D eigenvalue weighted by molar-refractivity contribution is -0.127. The summed E-state index contributed by atoms with van der Waals surface area (Å²) in [5.41, 5.74) is 2.38. The van der Waals surface area contributed by atoms with Crippen LogP contribution in [0.5, 0.6) is 5.75 Å². The van der Waals surface area contributed by atoms with Gasteiger partial charge in [-0.05, 0) is 68.2 Å². The predicted molar refractivity (Wildman–Crippen MR) is 99.3 cm³/mol. The molecule has 1 saturated heterocycles. The number of likely N-dealkylation sites (tertiary alicyclic amines) is 1. The van der Waals surface area contributed by atoms with Crippen LogP contribution in [0.1, 0.15) is 30.9 Å². The standard InChI is InChI=1S/C21H25FN2O2/c1-16(26-20-10-8-19(22)9-11-20)21(25)23-14-17-6-2-3-7-18(17)15-24-12-4-5-13-24/h2-3,6-11,16H,4-5,12-15H2,1H3,(H,23,25)/t16-/m0/s1. The Morgan fingerprint density at radius 1 is 1.12 bits per heavy atom. The number of halogens is 1. The minimum absolute atomic E-state index is 0.190. The summed E-state index contributed by atoms with van der Waals surface area (Å²) >= 11 is 0. The van der Waals surface area contributed by atoms with Gasteiger partial charge in [0.2, 0.25) is 0 Å². The van der Waals surface area contributed by atoms with Gasteiger partial charge in [-0.1, -0.05) is 24.3 Å². The lowest BCUT2D eigenvalue weighted by Gasteiger charge is -2.19. The first-order valence-corrected chi connectivity index (χ1v) is 9.11. The second kappa shape index (κ2) is 8.81. The van der Waals surface area contributed by atoms with E-state index < -0.39 is 6.10 Å². The molecular formula is C21H25FN2O2. The maximum Gasteiger partial charge on any atom is 0.261 e. The summed E-state index contributed by atoms with van der Waals surface area (Å²) in [5.74, 6) is -0.0437. The van der Waals surface area contributed by atoms with Gasteiger partial charge in [0.05, 0.1) is 0 Å². The first-order valence-electron chi connectivity index (χ1n) is 9.11. The molecule has 0 saturated carbocycles. The van der Waals surface area contributed by atoms with Gasteiger partial charge in [-0.25, -0.2) is 4.39 Å². The third-order valence-electron chi connectivity index (χ3n) is 4.66. The van der Waals surface area contributed by atoms with Gasteiger partial charge in [-0.15, -0.1) is 0 Å². The van der Waals surface area contributed by atoms with Crippen molar-refractivity contribution in [3.8, 4) is 5.75 Å². The Morgan fingerprint density at radius 2 is 1.77 bits per heavy atom. The zero-order valence-electron chi connectivity index (χ0n) is 15.1. The smallest absolute Gasteiger partial charge is 0.261 e. The van der Waals surface area contributed by atoms with Crippen LogP contribution in [0.4, 0.5) is 4.39 Å². The molecule has 138 valence electrons. The van der Waals surface area contributed by atoms with E-state index in [1.165, 1.54) is 42.7 Å². The molecule has 1 fully saturated rings. The fourth-order valence-electron chi connectivity index (χ4n) is 3.16. The first-order chi connectivity index (χ1) is 12.6. The summed E-state index contributed by atoms with van der Waals surface area (Å²) in [6.07, 6.45) is 1.88. The number of ether oxygens (including phenoxy) is 1. The van der Waals surface area contributed by atoms with Crippen LogP contribution in [-0.4, -0.2) is 30.0 Å².